The molecular weight excluding hydrogens is 256 g/mol. The zero-order chi connectivity index (χ0) is 10.7. The van der Waals surface area contributed by atoms with Gasteiger partial charge >= 0.3 is 0 Å². The molecule has 1 saturated heterocycles. The summed E-state index contributed by atoms with van der Waals surface area (Å²) in [5.74, 6) is 0. The molecule has 2 heterocycles. The molecule has 1 aromatic heterocycles. The van der Waals surface area contributed by atoms with E-state index in [0.717, 1.165) is 23.1 Å². The van der Waals surface area contributed by atoms with Gasteiger partial charge in [-0.15, -0.1) is 0 Å². The first-order chi connectivity index (χ1) is 7.27. The standard InChI is InChI=1S/C11H15BrN2O/c12-8-4-5-10(14-7-8)11(15)9-3-1-2-6-13-9/h4-5,7,9,11,13,15H,1-3,6H2. The second kappa shape index (κ2) is 5.05. The highest BCUT2D eigenvalue weighted by Gasteiger charge is 2.23. The first-order valence-corrected chi connectivity index (χ1v) is 6.09. The number of halogens is 1. The van der Waals surface area contributed by atoms with Crippen LogP contribution in [0.15, 0.2) is 22.8 Å². The third-order valence-electron chi connectivity index (χ3n) is 2.78. The summed E-state index contributed by atoms with van der Waals surface area (Å²) in [7, 11) is 0. The number of nitrogens with zero attached hydrogens (tertiary/aromatic N) is 1. The number of hydrogen-bond acceptors (Lipinski definition) is 3. The van der Waals surface area contributed by atoms with Crippen molar-refractivity contribution in [3.8, 4) is 0 Å². The van der Waals surface area contributed by atoms with Crippen LogP contribution in [0.3, 0.4) is 0 Å². The molecule has 2 rings (SSSR count). The van der Waals surface area contributed by atoms with Crippen LogP contribution >= 0.6 is 15.9 Å². The summed E-state index contributed by atoms with van der Waals surface area (Å²) in [4.78, 5) is 4.22. The Morgan fingerprint density at radius 3 is 2.93 bits per heavy atom. The van der Waals surface area contributed by atoms with E-state index >= 15 is 0 Å². The van der Waals surface area contributed by atoms with E-state index in [1.807, 2.05) is 12.1 Å². The number of aliphatic hydroxyl groups excluding tert-OH is 1. The monoisotopic (exact) mass is 270 g/mol. The Morgan fingerprint density at radius 2 is 2.33 bits per heavy atom. The highest BCUT2D eigenvalue weighted by Crippen LogP contribution is 2.22. The molecule has 4 heteroatoms. The van der Waals surface area contributed by atoms with E-state index in [9.17, 15) is 5.11 Å². The first-order valence-electron chi connectivity index (χ1n) is 5.30. The van der Waals surface area contributed by atoms with Crippen LogP contribution in [0.4, 0.5) is 0 Å². The quantitative estimate of drug-likeness (QED) is 0.865. The Labute approximate surface area is 98.0 Å². The summed E-state index contributed by atoms with van der Waals surface area (Å²) in [6, 6.07) is 3.94. The van der Waals surface area contributed by atoms with Gasteiger partial charge in [-0.25, -0.2) is 0 Å². The van der Waals surface area contributed by atoms with E-state index in [2.05, 4.69) is 26.2 Å². The summed E-state index contributed by atoms with van der Waals surface area (Å²) < 4.78 is 0.940. The lowest BCUT2D eigenvalue weighted by Crippen LogP contribution is -2.39. The van der Waals surface area contributed by atoms with Crippen LogP contribution in [0.25, 0.3) is 0 Å². The lowest BCUT2D eigenvalue weighted by Gasteiger charge is -2.27. The number of pyridine rings is 1. The maximum atomic E-state index is 10.1. The van der Waals surface area contributed by atoms with E-state index in [4.69, 9.17) is 0 Å². The van der Waals surface area contributed by atoms with Crippen LogP contribution in [0.1, 0.15) is 31.1 Å². The van der Waals surface area contributed by atoms with Gasteiger partial charge in [0.25, 0.3) is 0 Å². The van der Waals surface area contributed by atoms with E-state index in [1.54, 1.807) is 6.20 Å². The number of piperidine rings is 1. The summed E-state index contributed by atoms with van der Waals surface area (Å²) in [5.41, 5.74) is 0.748. The molecule has 3 nitrogen and oxygen atoms in total. The Balaban J connectivity index is 2.05. The maximum absolute atomic E-state index is 10.1. The minimum atomic E-state index is -0.488. The lowest BCUT2D eigenvalue weighted by molar-refractivity contribution is 0.110. The second-order valence-electron chi connectivity index (χ2n) is 3.90. The minimum Gasteiger partial charge on any atom is -0.385 e. The Bertz CT molecular complexity index is 309. The molecule has 2 unspecified atom stereocenters. The fourth-order valence-electron chi connectivity index (χ4n) is 1.92. The first kappa shape index (κ1) is 11.0. The van der Waals surface area contributed by atoms with Gasteiger partial charge in [0.1, 0.15) is 6.10 Å². The summed E-state index contributed by atoms with van der Waals surface area (Å²) in [6.45, 7) is 0.998. The van der Waals surface area contributed by atoms with Gasteiger partial charge < -0.3 is 10.4 Å². The molecule has 0 saturated carbocycles. The summed E-state index contributed by atoms with van der Waals surface area (Å²) in [6.07, 6.45) is 4.65. The molecule has 15 heavy (non-hydrogen) atoms. The predicted octanol–water partition coefficient (Wildman–Crippen LogP) is 2.02. The molecule has 0 amide bonds. The maximum Gasteiger partial charge on any atom is 0.111 e. The second-order valence-corrected chi connectivity index (χ2v) is 4.82. The number of aliphatic hydroxyl groups is 1. The van der Waals surface area contributed by atoms with Crippen molar-refractivity contribution in [3.63, 3.8) is 0 Å². The van der Waals surface area contributed by atoms with Crippen molar-refractivity contribution < 1.29 is 5.11 Å². The van der Waals surface area contributed by atoms with Gasteiger partial charge in [-0.2, -0.15) is 0 Å². The van der Waals surface area contributed by atoms with E-state index < -0.39 is 6.10 Å². The van der Waals surface area contributed by atoms with Crippen LogP contribution in [-0.4, -0.2) is 22.7 Å². The molecule has 1 aliphatic heterocycles. The van der Waals surface area contributed by atoms with Gasteiger partial charge in [0, 0.05) is 16.7 Å². The fourth-order valence-corrected chi connectivity index (χ4v) is 2.15. The van der Waals surface area contributed by atoms with Gasteiger partial charge in [0.15, 0.2) is 0 Å². The Kier molecular flexibility index (Phi) is 3.72. The molecule has 0 radical (unpaired) electrons. The minimum absolute atomic E-state index is 0.160. The molecule has 1 aromatic rings. The van der Waals surface area contributed by atoms with Crippen molar-refractivity contribution in [2.45, 2.75) is 31.4 Å². The van der Waals surface area contributed by atoms with Gasteiger partial charge in [0.05, 0.1) is 5.69 Å². The third-order valence-corrected chi connectivity index (χ3v) is 3.25. The average Bonchev–Trinajstić information content (AvgIpc) is 2.30. The van der Waals surface area contributed by atoms with Crippen molar-refractivity contribution in [1.29, 1.82) is 0 Å². The predicted molar refractivity (Wildman–Crippen MR) is 62.5 cm³/mol. The number of aromatic nitrogens is 1. The van der Waals surface area contributed by atoms with Crippen LogP contribution in [0, 0.1) is 0 Å². The van der Waals surface area contributed by atoms with E-state index in [0.29, 0.717) is 0 Å². The molecule has 2 atom stereocenters. The number of rotatable bonds is 2. The highest BCUT2D eigenvalue weighted by molar-refractivity contribution is 9.10. The number of nitrogens with one attached hydrogen (secondary N) is 1. The van der Waals surface area contributed by atoms with Crippen molar-refractivity contribution in [3.05, 3.63) is 28.5 Å². The van der Waals surface area contributed by atoms with Gasteiger partial charge in [0.2, 0.25) is 0 Å². The lowest BCUT2D eigenvalue weighted by atomic mass is 9.98. The Morgan fingerprint density at radius 1 is 1.47 bits per heavy atom. The molecule has 2 N–H and O–H groups in total. The fraction of sp³-hybridized carbons (Fsp3) is 0.545. The van der Waals surface area contributed by atoms with Crippen molar-refractivity contribution in [1.82, 2.24) is 10.3 Å². The normalized spacial score (nSPS) is 23.7. The van der Waals surface area contributed by atoms with Crippen LogP contribution in [0.5, 0.6) is 0 Å². The van der Waals surface area contributed by atoms with Crippen molar-refractivity contribution in [2.24, 2.45) is 0 Å². The topological polar surface area (TPSA) is 45.2 Å². The largest absolute Gasteiger partial charge is 0.385 e. The van der Waals surface area contributed by atoms with E-state index in [-0.39, 0.29) is 6.04 Å². The van der Waals surface area contributed by atoms with Crippen LogP contribution in [-0.2, 0) is 0 Å². The molecular formula is C11H15BrN2O. The molecule has 1 fully saturated rings. The zero-order valence-electron chi connectivity index (χ0n) is 8.49. The molecule has 1 aliphatic rings. The molecule has 0 aliphatic carbocycles. The smallest absolute Gasteiger partial charge is 0.111 e. The van der Waals surface area contributed by atoms with Crippen LogP contribution < -0.4 is 5.32 Å². The van der Waals surface area contributed by atoms with Crippen molar-refractivity contribution >= 4 is 15.9 Å². The highest BCUT2D eigenvalue weighted by atomic mass is 79.9. The zero-order valence-corrected chi connectivity index (χ0v) is 10.1. The van der Waals surface area contributed by atoms with E-state index in [1.165, 1.54) is 12.8 Å². The number of hydrogen-bond donors (Lipinski definition) is 2. The van der Waals surface area contributed by atoms with Gasteiger partial charge in [-0.3, -0.25) is 4.98 Å². The molecule has 82 valence electrons. The van der Waals surface area contributed by atoms with Gasteiger partial charge in [-0.05, 0) is 47.4 Å². The van der Waals surface area contributed by atoms with Gasteiger partial charge in [-0.1, -0.05) is 6.42 Å². The Hall–Kier alpha value is -0.450. The molecule has 0 spiro atoms. The molecule has 0 bridgehead atoms. The third kappa shape index (κ3) is 2.77. The van der Waals surface area contributed by atoms with Crippen LogP contribution in [0.2, 0.25) is 0 Å². The molecule has 0 aromatic carbocycles. The summed E-state index contributed by atoms with van der Waals surface area (Å²) >= 11 is 3.33. The summed E-state index contributed by atoms with van der Waals surface area (Å²) in [5, 5.41) is 13.4. The average molecular weight is 271 g/mol. The van der Waals surface area contributed by atoms with Crippen molar-refractivity contribution in [2.75, 3.05) is 6.54 Å². The SMILES string of the molecule is OC(c1ccc(Br)cn1)C1CCCCN1.